The molecule has 0 radical (unpaired) electrons. The molecule has 29 heavy (non-hydrogen) atoms. The van der Waals surface area contributed by atoms with E-state index >= 15 is 0 Å². The molecule has 1 heterocycles. The Bertz CT molecular complexity index is 910. The fraction of sp³-hybridized carbons (Fsp3) is 0.360. The molecule has 4 rings (SSSR count). The van der Waals surface area contributed by atoms with E-state index in [2.05, 4.69) is 65.5 Å². The van der Waals surface area contributed by atoms with Crippen LogP contribution >= 0.6 is 0 Å². The van der Waals surface area contributed by atoms with Crippen molar-refractivity contribution in [2.45, 2.75) is 31.7 Å². The lowest BCUT2D eigenvalue weighted by Crippen LogP contribution is -2.30. The van der Waals surface area contributed by atoms with Crippen molar-refractivity contribution in [3.05, 3.63) is 78.2 Å². The van der Waals surface area contributed by atoms with E-state index in [4.69, 9.17) is 4.52 Å². The summed E-state index contributed by atoms with van der Waals surface area (Å²) in [5.74, 6) is 2.51. The Kier molecular flexibility index (Phi) is 6.20. The quantitative estimate of drug-likeness (QED) is 0.531. The predicted octanol–water partition coefficient (Wildman–Crippen LogP) is 5.86. The van der Waals surface area contributed by atoms with E-state index in [1.807, 2.05) is 36.4 Å². The van der Waals surface area contributed by atoms with Crippen LogP contribution in [0.3, 0.4) is 0 Å². The topological polar surface area (TPSA) is 42.2 Å². The minimum absolute atomic E-state index is 0.491. The van der Waals surface area contributed by atoms with Gasteiger partial charge < -0.3 is 9.42 Å². The van der Waals surface area contributed by atoms with Crippen LogP contribution in [0.15, 0.2) is 71.3 Å². The lowest BCUT2D eigenvalue weighted by molar-refractivity contribution is 0.159. The van der Waals surface area contributed by atoms with Crippen molar-refractivity contribution >= 4 is 6.08 Å². The van der Waals surface area contributed by atoms with Crippen LogP contribution in [0.5, 0.6) is 0 Å². The maximum atomic E-state index is 5.40. The maximum absolute atomic E-state index is 5.40. The summed E-state index contributed by atoms with van der Waals surface area (Å²) in [6.07, 6.45) is 9.14. The number of aromatic nitrogens is 2. The van der Waals surface area contributed by atoms with Crippen LogP contribution in [-0.2, 0) is 0 Å². The zero-order valence-electron chi connectivity index (χ0n) is 17.2. The molecule has 0 spiro atoms. The second-order valence-electron chi connectivity index (χ2n) is 8.18. The molecule has 4 heteroatoms. The second kappa shape index (κ2) is 9.19. The third-order valence-corrected chi connectivity index (χ3v) is 5.95. The SMILES string of the molecule is CN(C)C(c1ccccc1)C1CCC(C=Cc2nc(-c3ccccc3)no2)CC1. The number of nitrogens with zero attached hydrogens (tertiary/aromatic N) is 3. The summed E-state index contributed by atoms with van der Waals surface area (Å²) < 4.78 is 5.40. The minimum Gasteiger partial charge on any atom is -0.334 e. The van der Waals surface area contributed by atoms with Crippen molar-refractivity contribution < 1.29 is 4.52 Å². The van der Waals surface area contributed by atoms with Crippen molar-refractivity contribution in [3.63, 3.8) is 0 Å². The van der Waals surface area contributed by atoms with Crippen molar-refractivity contribution in [1.29, 1.82) is 0 Å². The van der Waals surface area contributed by atoms with E-state index in [1.54, 1.807) is 0 Å². The lowest BCUT2D eigenvalue weighted by Gasteiger charge is -2.37. The van der Waals surface area contributed by atoms with Gasteiger partial charge in [-0.1, -0.05) is 71.9 Å². The van der Waals surface area contributed by atoms with Crippen LogP contribution < -0.4 is 0 Å². The summed E-state index contributed by atoms with van der Waals surface area (Å²) in [5.41, 5.74) is 2.41. The molecule has 1 atom stereocenters. The Morgan fingerprint density at radius 3 is 2.24 bits per heavy atom. The molecule has 1 unspecified atom stereocenters. The van der Waals surface area contributed by atoms with Crippen LogP contribution in [0.25, 0.3) is 17.5 Å². The summed E-state index contributed by atoms with van der Waals surface area (Å²) >= 11 is 0. The Morgan fingerprint density at radius 2 is 1.59 bits per heavy atom. The van der Waals surface area contributed by atoms with Crippen molar-refractivity contribution in [2.75, 3.05) is 14.1 Å². The van der Waals surface area contributed by atoms with Gasteiger partial charge in [-0.2, -0.15) is 4.98 Å². The molecule has 2 aromatic carbocycles. The summed E-state index contributed by atoms with van der Waals surface area (Å²) in [6.45, 7) is 0. The highest BCUT2D eigenvalue weighted by molar-refractivity contribution is 5.55. The van der Waals surface area contributed by atoms with E-state index in [0.29, 0.717) is 29.6 Å². The summed E-state index contributed by atoms with van der Waals surface area (Å²) in [4.78, 5) is 6.87. The first kappa shape index (κ1) is 19.6. The van der Waals surface area contributed by atoms with Gasteiger partial charge in [-0.15, -0.1) is 0 Å². The summed E-state index contributed by atoms with van der Waals surface area (Å²) in [7, 11) is 4.40. The molecule has 150 valence electrons. The summed E-state index contributed by atoms with van der Waals surface area (Å²) in [6, 6.07) is 21.3. The first-order valence-electron chi connectivity index (χ1n) is 10.5. The van der Waals surface area contributed by atoms with Gasteiger partial charge in [0.15, 0.2) is 0 Å². The highest BCUT2D eigenvalue weighted by Gasteiger charge is 2.29. The van der Waals surface area contributed by atoms with Gasteiger partial charge in [-0.3, -0.25) is 0 Å². The van der Waals surface area contributed by atoms with Crippen molar-refractivity contribution in [2.24, 2.45) is 11.8 Å². The number of hydrogen-bond donors (Lipinski definition) is 0. The molecule has 3 aromatic rings. The molecule has 4 nitrogen and oxygen atoms in total. The summed E-state index contributed by atoms with van der Waals surface area (Å²) in [5, 5.41) is 4.10. The lowest BCUT2D eigenvalue weighted by atomic mass is 9.76. The molecule has 0 N–H and O–H groups in total. The second-order valence-corrected chi connectivity index (χ2v) is 8.18. The van der Waals surface area contributed by atoms with E-state index in [9.17, 15) is 0 Å². The van der Waals surface area contributed by atoms with Gasteiger partial charge in [0.1, 0.15) is 0 Å². The average molecular weight is 388 g/mol. The molecule has 1 aliphatic carbocycles. The molecule has 0 saturated heterocycles. The average Bonchev–Trinajstić information content (AvgIpc) is 3.24. The third-order valence-electron chi connectivity index (χ3n) is 5.95. The molecule has 0 amide bonds. The van der Waals surface area contributed by atoms with Gasteiger partial charge in [-0.05, 0) is 63.3 Å². The third kappa shape index (κ3) is 4.83. The largest absolute Gasteiger partial charge is 0.334 e. The molecular formula is C25H29N3O. The zero-order chi connectivity index (χ0) is 20.1. The number of rotatable bonds is 6. The van der Waals surface area contributed by atoms with E-state index in [-0.39, 0.29) is 0 Å². The molecule has 1 fully saturated rings. The Hall–Kier alpha value is -2.72. The van der Waals surface area contributed by atoms with Crippen LogP contribution in [-0.4, -0.2) is 29.1 Å². The molecule has 1 aromatic heterocycles. The van der Waals surface area contributed by atoms with E-state index < -0.39 is 0 Å². The molecule has 1 saturated carbocycles. The van der Waals surface area contributed by atoms with Gasteiger partial charge >= 0.3 is 0 Å². The fourth-order valence-electron chi connectivity index (χ4n) is 4.52. The Balaban J connectivity index is 1.36. The predicted molar refractivity (Wildman–Crippen MR) is 117 cm³/mol. The van der Waals surface area contributed by atoms with Crippen LogP contribution in [0.1, 0.15) is 43.2 Å². The number of allylic oxidation sites excluding steroid dienone is 1. The molecule has 0 bridgehead atoms. The van der Waals surface area contributed by atoms with Gasteiger partial charge in [0.25, 0.3) is 5.89 Å². The molecular weight excluding hydrogens is 358 g/mol. The van der Waals surface area contributed by atoms with Crippen molar-refractivity contribution in [3.8, 4) is 11.4 Å². The van der Waals surface area contributed by atoms with Crippen LogP contribution in [0.4, 0.5) is 0 Å². The first-order valence-corrected chi connectivity index (χ1v) is 10.5. The van der Waals surface area contributed by atoms with Crippen molar-refractivity contribution in [1.82, 2.24) is 15.0 Å². The maximum Gasteiger partial charge on any atom is 0.250 e. The van der Waals surface area contributed by atoms with E-state index in [1.165, 1.54) is 31.2 Å². The smallest absolute Gasteiger partial charge is 0.250 e. The fourth-order valence-corrected chi connectivity index (χ4v) is 4.52. The van der Waals surface area contributed by atoms with Crippen LogP contribution in [0, 0.1) is 11.8 Å². The van der Waals surface area contributed by atoms with Crippen LogP contribution in [0.2, 0.25) is 0 Å². The monoisotopic (exact) mass is 387 g/mol. The number of benzene rings is 2. The zero-order valence-corrected chi connectivity index (χ0v) is 17.2. The van der Waals surface area contributed by atoms with Gasteiger partial charge in [-0.25, -0.2) is 0 Å². The Labute approximate surface area is 173 Å². The van der Waals surface area contributed by atoms with Gasteiger partial charge in [0.05, 0.1) is 0 Å². The molecule has 0 aliphatic heterocycles. The number of hydrogen-bond acceptors (Lipinski definition) is 4. The highest BCUT2D eigenvalue weighted by Crippen LogP contribution is 2.39. The molecule has 1 aliphatic rings. The minimum atomic E-state index is 0.491. The van der Waals surface area contributed by atoms with Gasteiger partial charge in [0.2, 0.25) is 5.82 Å². The Morgan fingerprint density at radius 1 is 0.931 bits per heavy atom. The van der Waals surface area contributed by atoms with E-state index in [0.717, 1.165) is 5.56 Å². The normalized spacial score (nSPS) is 20.9. The first-order chi connectivity index (χ1) is 14.2. The van der Waals surface area contributed by atoms with Gasteiger partial charge in [0, 0.05) is 11.6 Å². The standard InChI is InChI=1S/C25H29N3O/c1-28(2)24(20-9-5-3-6-10-20)21-16-13-19(14-17-21)15-18-23-26-25(27-29-23)22-11-7-4-8-12-22/h3-12,15,18-19,21,24H,13-14,16-17H2,1-2H3. The highest BCUT2D eigenvalue weighted by atomic mass is 16.5.